The minimum atomic E-state index is -4.05. The lowest BCUT2D eigenvalue weighted by molar-refractivity contribution is 0.456. The predicted octanol–water partition coefficient (Wildman–Crippen LogP) is 2.78. The molecule has 1 atom stereocenters. The van der Waals surface area contributed by atoms with E-state index >= 15 is 0 Å². The van der Waals surface area contributed by atoms with Crippen LogP contribution in [-0.4, -0.2) is 34.7 Å². The molecule has 1 aliphatic heterocycles. The van der Waals surface area contributed by atoms with E-state index in [1.807, 2.05) is 12.1 Å². The van der Waals surface area contributed by atoms with Crippen LogP contribution in [0.4, 0.5) is 21.8 Å². The van der Waals surface area contributed by atoms with Gasteiger partial charge in [-0.15, -0.1) is 0 Å². The first kappa shape index (κ1) is 20.5. The monoisotopic (exact) mass is 473 g/mol. The van der Waals surface area contributed by atoms with Crippen molar-refractivity contribution in [3.05, 3.63) is 65.1 Å². The molecule has 1 aliphatic rings. The number of sulfonamides is 1. The predicted molar refractivity (Wildman–Crippen MR) is 119 cm³/mol. The van der Waals surface area contributed by atoms with Gasteiger partial charge in [-0.3, -0.25) is 4.31 Å². The van der Waals surface area contributed by atoms with Crippen LogP contribution in [0.3, 0.4) is 0 Å². The highest BCUT2D eigenvalue weighted by Gasteiger charge is 2.35. The molecular formula is C20H17ClFN7O2S. The minimum Gasteiger partial charge on any atom is -0.383 e. The van der Waals surface area contributed by atoms with Crippen LogP contribution in [0.2, 0.25) is 5.02 Å². The molecule has 1 unspecified atom stereocenters. The molecule has 4 aromatic rings. The van der Waals surface area contributed by atoms with Crippen molar-refractivity contribution in [3.63, 3.8) is 0 Å². The highest BCUT2D eigenvalue weighted by Crippen LogP contribution is 2.37. The molecule has 4 N–H and O–H groups in total. The van der Waals surface area contributed by atoms with Gasteiger partial charge in [0.05, 0.1) is 39.8 Å². The summed E-state index contributed by atoms with van der Waals surface area (Å²) in [5.41, 5.74) is 13.5. The van der Waals surface area contributed by atoms with Crippen LogP contribution in [0, 0.1) is 5.82 Å². The molecule has 32 heavy (non-hydrogen) atoms. The van der Waals surface area contributed by atoms with Gasteiger partial charge in [-0.25, -0.2) is 17.5 Å². The van der Waals surface area contributed by atoms with Crippen molar-refractivity contribution in [1.29, 1.82) is 0 Å². The summed E-state index contributed by atoms with van der Waals surface area (Å²) in [6.07, 6.45) is 2.04. The van der Waals surface area contributed by atoms with Gasteiger partial charge in [0.25, 0.3) is 10.0 Å². The van der Waals surface area contributed by atoms with Crippen molar-refractivity contribution in [2.45, 2.75) is 17.4 Å². The summed E-state index contributed by atoms with van der Waals surface area (Å²) in [6.45, 7) is 0.0644. The first-order valence-electron chi connectivity index (χ1n) is 9.57. The maximum absolute atomic E-state index is 13.6. The van der Waals surface area contributed by atoms with E-state index in [0.29, 0.717) is 23.1 Å². The molecule has 5 rings (SSSR count). The molecule has 12 heteroatoms. The average molecular weight is 474 g/mol. The Kier molecular flexibility index (Phi) is 4.68. The molecule has 0 fully saturated rings. The number of halogens is 2. The lowest BCUT2D eigenvalue weighted by atomic mass is 10.00. The van der Waals surface area contributed by atoms with Crippen molar-refractivity contribution in [1.82, 2.24) is 19.7 Å². The van der Waals surface area contributed by atoms with Gasteiger partial charge in [0.2, 0.25) is 5.95 Å². The summed E-state index contributed by atoms with van der Waals surface area (Å²) >= 11 is 5.85. The van der Waals surface area contributed by atoms with E-state index in [1.54, 1.807) is 16.8 Å². The number of hydrogen-bond donors (Lipinski definition) is 2. The van der Waals surface area contributed by atoms with Crippen molar-refractivity contribution in [2.24, 2.45) is 0 Å². The number of aromatic nitrogens is 4. The highest BCUT2D eigenvalue weighted by atomic mass is 35.5. The highest BCUT2D eigenvalue weighted by molar-refractivity contribution is 7.92. The average Bonchev–Trinajstić information content (AvgIpc) is 3.19. The molecule has 3 heterocycles. The van der Waals surface area contributed by atoms with Gasteiger partial charge in [0.15, 0.2) is 5.65 Å². The normalized spacial score (nSPS) is 16.3. The van der Waals surface area contributed by atoms with E-state index in [1.165, 1.54) is 16.6 Å². The number of fused-ring (bicyclic) bond motifs is 2. The number of rotatable bonds is 3. The number of anilines is 3. The number of benzene rings is 2. The lowest BCUT2D eigenvalue weighted by Gasteiger charge is -2.35. The van der Waals surface area contributed by atoms with Gasteiger partial charge in [-0.2, -0.15) is 15.1 Å². The fourth-order valence-electron chi connectivity index (χ4n) is 3.92. The second kappa shape index (κ2) is 7.31. The van der Waals surface area contributed by atoms with Crippen LogP contribution in [0.5, 0.6) is 0 Å². The summed E-state index contributed by atoms with van der Waals surface area (Å²) in [4.78, 5) is 8.09. The summed E-state index contributed by atoms with van der Waals surface area (Å²) in [6, 6.07) is 10.1. The van der Waals surface area contributed by atoms with Gasteiger partial charge in [-0.05, 0) is 36.2 Å². The van der Waals surface area contributed by atoms with Crippen LogP contribution >= 0.6 is 11.6 Å². The van der Waals surface area contributed by atoms with Crippen molar-refractivity contribution >= 4 is 50.1 Å². The summed E-state index contributed by atoms with van der Waals surface area (Å²) in [5, 5.41) is 4.65. The number of hydrogen-bond acceptors (Lipinski definition) is 7. The van der Waals surface area contributed by atoms with Crippen LogP contribution in [-0.2, 0) is 16.4 Å². The topological polar surface area (TPSA) is 133 Å². The third-order valence-electron chi connectivity index (χ3n) is 5.42. The van der Waals surface area contributed by atoms with Crippen LogP contribution in [0.25, 0.3) is 11.0 Å². The van der Waals surface area contributed by atoms with E-state index in [2.05, 4.69) is 15.1 Å². The van der Waals surface area contributed by atoms with E-state index in [-0.39, 0.29) is 28.2 Å². The molecule has 0 saturated heterocycles. The van der Waals surface area contributed by atoms with Crippen molar-refractivity contribution in [3.8, 4) is 0 Å². The number of nitrogens with two attached hydrogens (primary N) is 2. The van der Waals surface area contributed by atoms with E-state index in [4.69, 9.17) is 23.1 Å². The SMILES string of the molecule is Nc1nc(N)c2cnn(C3Cc4ccccc4N(S(=O)(=O)c4ccc(F)c(Cl)c4)C3)c2n1. The van der Waals surface area contributed by atoms with E-state index in [9.17, 15) is 12.8 Å². The summed E-state index contributed by atoms with van der Waals surface area (Å²) in [7, 11) is -4.05. The van der Waals surface area contributed by atoms with Gasteiger partial charge < -0.3 is 11.5 Å². The minimum absolute atomic E-state index is 0.00149. The molecule has 0 spiro atoms. The molecular weight excluding hydrogens is 457 g/mol. The molecule has 0 saturated carbocycles. The second-order valence-electron chi connectivity index (χ2n) is 7.39. The molecule has 9 nitrogen and oxygen atoms in total. The Balaban J connectivity index is 1.64. The second-order valence-corrected chi connectivity index (χ2v) is 9.66. The van der Waals surface area contributed by atoms with E-state index < -0.39 is 21.9 Å². The first-order valence-corrected chi connectivity index (χ1v) is 11.4. The van der Waals surface area contributed by atoms with Gasteiger partial charge in [0, 0.05) is 0 Å². The molecule has 2 aromatic carbocycles. The molecule has 0 radical (unpaired) electrons. The standard InChI is InChI=1S/C20H17ClFN7O2S/c21-15-8-13(5-6-16(15)22)32(30,31)28-10-12(7-11-3-1-2-4-17(11)28)29-19-14(9-25-29)18(23)26-20(24)27-19/h1-6,8-9,12H,7,10H2,(H4,23,24,26,27). The number of nitrogens with zero attached hydrogens (tertiary/aromatic N) is 5. The molecule has 0 amide bonds. The van der Waals surface area contributed by atoms with Crippen LogP contribution in [0.1, 0.15) is 11.6 Å². The first-order chi connectivity index (χ1) is 15.3. The Morgan fingerprint density at radius 1 is 1.12 bits per heavy atom. The zero-order valence-corrected chi connectivity index (χ0v) is 18.1. The van der Waals surface area contributed by atoms with Gasteiger partial charge >= 0.3 is 0 Å². The Labute approximate surface area is 187 Å². The molecule has 2 aromatic heterocycles. The summed E-state index contributed by atoms with van der Waals surface area (Å²) < 4.78 is 43.6. The quantitative estimate of drug-likeness (QED) is 0.467. The van der Waals surface area contributed by atoms with E-state index in [0.717, 1.165) is 17.7 Å². The Morgan fingerprint density at radius 2 is 1.91 bits per heavy atom. The Hall–Kier alpha value is -3.44. The van der Waals surface area contributed by atoms with Crippen molar-refractivity contribution in [2.75, 3.05) is 22.3 Å². The molecule has 0 bridgehead atoms. The zero-order valence-electron chi connectivity index (χ0n) is 16.5. The lowest BCUT2D eigenvalue weighted by Crippen LogP contribution is -2.41. The number of nitrogen functional groups attached to an aromatic ring is 2. The maximum atomic E-state index is 13.6. The van der Waals surface area contributed by atoms with Crippen molar-refractivity contribution < 1.29 is 12.8 Å². The Morgan fingerprint density at radius 3 is 2.69 bits per heavy atom. The third kappa shape index (κ3) is 3.21. The Bertz CT molecular complexity index is 1470. The van der Waals surface area contributed by atoms with Gasteiger partial charge in [0.1, 0.15) is 11.6 Å². The summed E-state index contributed by atoms with van der Waals surface area (Å²) in [5.74, 6) is -0.501. The molecule has 0 aliphatic carbocycles. The van der Waals surface area contributed by atoms with Gasteiger partial charge in [-0.1, -0.05) is 29.8 Å². The molecule has 164 valence electrons. The number of para-hydroxylation sites is 1. The zero-order chi connectivity index (χ0) is 22.6. The van der Waals surface area contributed by atoms with Crippen LogP contribution in [0.15, 0.2) is 53.6 Å². The fourth-order valence-corrected chi connectivity index (χ4v) is 5.74. The fraction of sp³-hybridized carbons (Fsp3) is 0.150. The van der Waals surface area contributed by atoms with Crippen LogP contribution < -0.4 is 15.8 Å². The largest absolute Gasteiger partial charge is 0.383 e. The maximum Gasteiger partial charge on any atom is 0.264 e. The third-order valence-corrected chi connectivity index (χ3v) is 7.48. The smallest absolute Gasteiger partial charge is 0.264 e.